The van der Waals surface area contributed by atoms with Crippen molar-refractivity contribution in [2.24, 2.45) is 0 Å². The minimum absolute atomic E-state index is 0.0156. The van der Waals surface area contributed by atoms with Gasteiger partial charge in [0.1, 0.15) is 0 Å². The zero-order valence-corrected chi connectivity index (χ0v) is 11.7. The molecule has 21 heavy (non-hydrogen) atoms. The fourth-order valence-corrected chi connectivity index (χ4v) is 2.67. The third-order valence-electron chi connectivity index (χ3n) is 3.79. The van der Waals surface area contributed by atoms with Crippen LogP contribution in [0.25, 0.3) is 0 Å². The number of anilines is 1. The van der Waals surface area contributed by atoms with E-state index in [1.54, 1.807) is 0 Å². The Kier molecular flexibility index (Phi) is 3.88. The molecule has 0 saturated heterocycles. The highest BCUT2D eigenvalue weighted by Crippen LogP contribution is 2.30. The Morgan fingerprint density at radius 2 is 2.00 bits per heavy atom. The molecule has 0 fully saturated rings. The summed E-state index contributed by atoms with van der Waals surface area (Å²) in [5.74, 6) is -0.107. The molecule has 3 rings (SSSR count). The van der Waals surface area contributed by atoms with Gasteiger partial charge in [0.05, 0.1) is 12.5 Å². The van der Waals surface area contributed by atoms with E-state index in [1.807, 2.05) is 48.5 Å². The lowest BCUT2D eigenvalue weighted by molar-refractivity contribution is -0.122. The highest BCUT2D eigenvalue weighted by molar-refractivity contribution is 5.88. The molecule has 0 spiro atoms. The Morgan fingerprint density at radius 3 is 2.86 bits per heavy atom. The van der Waals surface area contributed by atoms with Crippen LogP contribution in [0.4, 0.5) is 5.69 Å². The standard InChI is InChI=1S/C17H18N2O2/c20-11-13-5-3-4-12(8-13)9-19-17(21)15-10-18-16-7-2-1-6-14(15)16/h1-8,15,18,20H,9-11H2,(H,19,21). The largest absolute Gasteiger partial charge is 0.392 e. The molecule has 1 aliphatic heterocycles. The Hall–Kier alpha value is -2.33. The number of benzene rings is 2. The maximum Gasteiger partial charge on any atom is 0.229 e. The van der Waals surface area contributed by atoms with Crippen LogP contribution >= 0.6 is 0 Å². The van der Waals surface area contributed by atoms with Crippen molar-refractivity contribution >= 4 is 11.6 Å². The number of fused-ring (bicyclic) bond motifs is 1. The van der Waals surface area contributed by atoms with Gasteiger partial charge in [0.25, 0.3) is 0 Å². The Balaban J connectivity index is 1.65. The lowest BCUT2D eigenvalue weighted by Gasteiger charge is -2.11. The van der Waals surface area contributed by atoms with E-state index in [1.165, 1.54) is 0 Å². The van der Waals surface area contributed by atoms with Crippen LogP contribution < -0.4 is 10.6 Å². The number of para-hydroxylation sites is 1. The Morgan fingerprint density at radius 1 is 1.19 bits per heavy atom. The lowest BCUT2D eigenvalue weighted by Crippen LogP contribution is -2.29. The second-order valence-electron chi connectivity index (χ2n) is 5.22. The van der Waals surface area contributed by atoms with Gasteiger partial charge in [-0.15, -0.1) is 0 Å². The van der Waals surface area contributed by atoms with E-state index in [-0.39, 0.29) is 18.4 Å². The number of rotatable bonds is 4. The van der Waals surface area contributed by atoms with Crippen molar-refractivity contribution < 1.29 is 9.90 Å². The Labute approximate surface area is 123 Å². The van der Waals surface area contributed by atoms with E-state index in [9.17, 15) is 4.79 Å². The van der Waals surface area contributed by atoms with Crippen LogP contribution in [-0.2, 0) is 17.9 Å². The summed E-state index contributed by atoms with van der Waals surface area (Å²) >= 11 is 0. The van der Waals surface area contributed by atoms with Crippen LogP contribution in [0.2, 0.25) is 0 Å². The summed E-state index contributed by atoms with van der Waals surface area (Å²) < 4.78 is 0. The summed E-state index contributed by atoms with van der Waals surface area (Å²) in [5.41, 5.74) is 3.95. The average molecular weight is 282 g/mol. The molecule has 1 atom stereocenters. The number of aliphatic hydroxyl groups is 1. The van der Waals surface area contributed by atoms with E-state index < -0.39 is 0 Å². The van der Waals surface area contributed by atoms with Gasteiger partial charge in [-0.2, -0.15) is 0 Å². The molecule has 4 nitrogen and oxygen atoms in total. The van der Waals surface area contributed by atoms with Crippen LogP contribution in [0.1, 0.15) is 22.6 Å². The smallest absolute Gasteiger partial charge is 0.229 e. The third kappa shape index (κ3) is 2.90. The number of amides is 1. The molecule has 1 heterocycles. The van der Waals surface area contributed by atoms with Gasteiger partial charge in [0.2, 0.25) is 5.91 Å². The van der Waals surface area contributed by atoms with Gasteiger partial charge < -0.3 is 15.7 Å². The van der Waals surface area contributed by atoms with Crippen LogP contribution in [0.3, 0.4) is 0 Å². The molecule has 108 valence electrons. The maximum atomic E-state index is 12.3. The van der Waals surface area contributed by atoms with Gasteiger partial charge in [0.15, 0.2) is 0 Å². The summed E-state index contributed by atoms with van der Waals surface area (Å²) in [7, 11) is 0. The van der Waals surface area contributed by atoms with Crippen molar-refractivity contribution in [1.82, 2.24) is 5.32 Å². The molecule has 2 aromatic carbocycles. The normalized spacial score (nSPS) is 16.1. The number of carbonyl (C=O) groups is 1. The molecule has 1 aliphatic rings. The van der Waals surface area contributed by atoms with Crippen LogP contribution in [0.5, 0.6) is 0 Å². The molecular formula is C17H18N2O2. The molecule has 3 N–H and O–H groups in total. The number of aliphatic hydroxyl groups excluding tert-OH is 1. The molecule has 0 radical (unpaired) electrons. The van der Waals surface area contributed by atoms with E-state index >= 15 is 0 Å². The number of hydrogen-bond acceptors (Lipinski definition) is 3. The van der Waals surface area contributed by atoms with Crippen LogP contribution in [-0.4, -0.2) is 17.6 Å². The van der Waals surface area contributed by atoms with Crippen molar-refractivity contribution in [2.75, 3.05) is 11.9 Å². The van der Waals surface area contributed by atoms with Gasteiger partial charge in [-0.1, -0.05) is 42.5 Å². The lowest BCUT2D eigenvalue weighted by atomic mass is 10.0. The fraction of sp³-hybridized carbons (Fsp3) is 0.235. The predicted molar refractivity (Wildman–Crippen MR) is 81.9 cm³/mol. The van der Waals surface area contributed by atoms with Gasteiger partial charge in [-0.25, -0.2) is 0 Å². The quantitative estimate of drug-likeness (QED) is 0.804. The number of nitrogens with one attached hydrogen (secondary N) is 2. The zero-order valence-electron chi connectivity index (χ0n) is 11.7. The molecule has 2 aromatic rings. The Bertz CT molecular complexity index is 655. The monoisotopic (exact) mass is 282 g/mol. The van der Waals surface area contributed by atoms with Crippen molar-refractivity contribution in [1.29, 1.82) is 0 Å². The van der Waals surface area contributed by atoms with Crippen LogP contribution in [0.15, 0.2) is 48.5 Å². The topological polar surface area (TPSA) is 61.4 Å². The van der Waals surface area contributed by atoms with Crippen molar-refractivity contribution in [3.63, 3.8) is 0 Å². The zero-order chi connectivity index (χ0) is 14.7. The highest BCUT2D eigenvalue weighted by atomic mass is 16.3. The molecule has 0 saturated carbocycles. The predicted octanol–water partition coefficient (Wildman–Crippen LogP) is 2.00. The van der Waals surface area contributed by atoms with E-state index in [2.05, 4.69) is 10.6 Å². The molecule has 1 unspecified atom stereocenters. The minimum Gasteiger partial charge on any atom is -0.392 e. The second-order valence-corrected chi connectivity index (χ2v) is 5.22. The molecule has 4 heteroatoms. The first-order chi connectivity index (χ1) is 10.3. The average Bonchev–Trinajstić information content (AvgIpc) is 2.97. The number of hydrogen-bond donors (Lipinski definition) is 3. The first-order valence-corrected chi connectivity index (χ1v) is 7.07. The first-order valence-electron chi connectivity index (χ1n) is 7.07. The van der Waals surface area contributed by atoms with Gasteiger partial charge >= 0.3 is 0 Å². The number of carbonyl (C=O) groups excluding carboxylic acids is 1. The molecule has 0 aromatic heterocycles. The summed E-state index contributed by atoms with van der Waals surface area (Å²) in [5, 5.41) is 15.4. The maximum absolute atomic E-state index is 12.3. The molecule has 1 amide bonds. The summed E-state index contributed by atoms with van der Waals surface area (Å²) in [6, 6.07) is 15.5. The van der Waals surface area contributed by atoms with E-state index in [0.29, 0.717) is 13.1 Å². The van der Waals surface area contributed by atoms with Gasteiger partial charge in [-0.05, 0) is 22.8 Å². The van der Waals surface area contributed by atoms with Crippen molar-refractivity contribution in [3.8, 4) is 0 Å². The second kappa shape index (κ2) is 5.97. The molecular weight excluding hydrogens is 264 g/mol. The minimum atomic E-state index is -0.137. The van der Waals surface area contributed by atoms with Crippen molar-refractivity contribution in [3.05, 3.63) is 65.2 Å². The van der Waals surface area contributed by atoms with Crippen molar-refractivity contribution in [2.45, 2.75) is 19.1 Å². The summed E-state index contributed by atoms with van der Waals surface area (Å²) in [4.78, 5) is 12.3. The van der Waals surface area contributed by atoms with Crippen LogP contribution in [0, 0.1) is 0 Å². The van der Waals surface area contributed by atoms with Gasteiger partial charge in [-0.3, -0.25) is 4.79 Å². The van der Waals surface area contributed by atoms with E-state index in [0.717, 1.165) is 22.4 Å². The fourth-order valence-electron chi connectivity index (χ4n) is 2.67. The highest BCUT2D eigenvalue weighted by Gasteiger charge is 2.27. The van der Waals surface area contributed by atoms with E-state index in [4.69, 9.17) is 5.11 Å². The summed E-state index contributed by atoms with van der Waals surface area (Å²) in [6.07, 6.45) is 0. The molecule has 0 aliphatic carbocycles. The third-order valence-corrected chi connectivity index (χ3v) is 3.79. The first kappa shape index (κ1) is 13.6. The van der Waals surface area contributed by atoms with Gasteiger partial charge in [0, 0.05) is 18.8 Å². The summed E-state index contributed by atoms with van der Waals surface area (Å²) in [6.45, 7) is 1.13. The molecule has 0 bridgehead atoms. The SMILES string of the molecule is O=C(NCc1cccc(CO)c1)C1CNc2ccccc21.